The quantitative estimate of drug-likeness (QED) is 0.661. The van der Waals surface area contributed by atoms with Gasteiger partial charge in [-0.3, -0.25) is 14.0 Å². The number of hydrogen-bond donors (Lipinski definition) is 2. The van der Waals surface area contributed by atoms with E-state index in [2.05, 4.69) is 10.3 Å². The Balaban J connectivity index is 1.19. The van der Waals surface area contributed by atoms with E-state index in [4.69, 9.17) is 9.47 Å². The number of benzene rings is 1. The maximum atomic E-state index is 12.7. The van der Waals surface area contributed by atoms with Crippen molar-refractivity contribution in [1.29, 1.82) is 0 Å². The third kappa shape index (κ3) is 4.11. The number of carbonyl (C=O) groups is 1. The van der Waals surface area contributed by atoms with Gasteiger partial charge in [0.2, 0.25) is 12.7 Å². The van der Waals surface area contributed by atoms with Crippen LogP contribution in [-0.4, -0.2) is 35.2 Å². The first-order valence-corrected chi connectivity index (χ1v) is 10.6. The summed E-state index contributed by atoms with van der Waals surface area (Å²) in [4.78, 5) is 31.1. The van der Waals surface area contributed by atoms with Gasteiger partial charge < -0.3 is 19.7 Å². The molecule has 4 heterocycles. The number of nitrogens with one attached hydrogen (secondary N) is 2. The number of ether oxygens (including phenoxy) is 2. The predicted octanol–water partition coefficient (Wildman–Crippen LogP) is 1.17. The Bertz CT molecular complexity index is 1200. The highest BCUT2D eigenvalue weighted by atomic mass is 16.7. The van der Waals surface area contributed by atoms with Crippen molar-refractivity contribution in [2.24, 2.45) is 5.92 Å². The molecule has 0 saturated carbocycles. The number of pyridine rings is 1. The zero-order chi connectivity index (χ0) is 21.4. The van der Waals surface area contributed by atoms with Crippen LogP contribution in [0, 0.1) is 12.8 Å². The number of fused-ring (bicyclic) bond motifs is 2. The molecule has 1 saturated heterocycles. The molecule has 8 heteroatoms. The van der Waals surface area contributed by atoms with Crippen LogP contribution in [0.2, 0.25) is 0 Å². The number of piperidine rings is 1. The maximum absolute atomic E-state index is 12.7. The Kier molecular flexibility index (Phi) is 5.07. The van der Waals surface area contributed by atoms with Crippen LogP contribution in [0.1, 0.15) is 24.1 Å². The van der Waals surface area contributed by atoms with Crippen LogP contribution in [0.4, 0.5) is 5.69 Å². The molecule has 2 aliphatic heterocycles. The summed E-state index contributed by atoms with van der Waals surface area (Å²) in [5.74, 6) is 1.38. The molecule has 0 atom stereocenters. The van der Waals surface area contributed by atoms with Crippen molar-refractivity contribution < 1.29 is 19.2 Å². The van der Waals surface area contributed by atoms with Gasteiger partial charge in [0.05, 0.1) is 13.1 Å². The Hall–Kier alpha value is -3.39. The molecular weight excluding hydrogens is 396 g/mol. The summed E-state index contributed by atoms with van der Waals surface area (Å²) in [5.41, 5.74) is 3.16. The standard InChI is InChI=1S/C23H24N4O4/c1-15-2-5-21-24-18(11-22(28)27(21)12-15)13-26-8-6-16(7-9-26)23(29)25-17-3-4-19-20(10-17)31-14-30-19/h2-5,10-12,16H,6-9,13-14H2,1H3,(H,25,29)/p+1. The Labute approximate surface area is 179 Å². The topological polar surface area (TPSA) is 86.4 Å². The molecule has 31 heavy (non-hydrogen) atoms. The number of rotatable bonds is 4. The molecule has 0 aliphatic carbocycles. The van der Waals surface area contributed by atoms with Gasteiger partial charge in [-0.2, -0.15) is 0 Å². The zero-order valence-corrected chi connectivity index (χ0v) is 17.4. The summed E-state index contributed by atoms with van der Waals surface area (Å²) in [7, 11) is 0. The molecule has 1 aromatic carbocycles. The molecule has 5 rings (SSSR count). The highest BCUT2D eigenvalue weighted by Crippen LogP contribution is 2.34. The number of hydrogen-bond acceptors (Lipinski definition) is 5. The first-order chi connectivity index (χ1) is 15.0. The molecule has 0 bridgehead atoms. The van der Waals surface area contributed by atoms with Gasteiger partial charge in [-0.25, -0.2) is 4.98 Å². The number of anilines is 1. The van der Waals surface area contributed by atoms with E-state index in [0.717, 1.165) is 42.9 Å². The molecule has 0 spiro atoms. The highest BCUT2D eigenvalue weighted by molar-refractivity contribution is 5.92. The number of likely N-dealkylation sites (tertiary alicyclic amines) is 1. The molecular formula is C23H25N4O4+. The second-order valence-corrected chi connectivity index (χ2v) is 8.28. The van der Waals surface area contributed by atoms with Crippen LogP contribution in [0.15, 0.2) is 47.4 Å². The van der Waals surface area contributed by atoms with Gasteiger partial charge in [-0.1, -0.05) is 6.07 Å². The summed E-state index contributed by atoms with van der Waals surface area (Å²) in [6, 6.07) is 10.9. The average molecular weight is 421 g/mol. The third-order valence-electron chi connectivity index (χ3n) is 6.00. The summed E-state index contributed by atoms with van der Waals surface area (Å²) in [6.07, 6.45) is 3.42. The van der Waals surface area contributed by atoms with Crippen LogP contribution in [-0.2, 0) is 11.3 Å². The fourth-order valence-corrected chi connectivity index (χ4v) is 4.29. The fraction of sp³-hybridized carbons (Fsp3) is 0.348. The number of nitrogens with zero attached hydrogens (tertiary/aromatic N) is 2. The van der Waals surface area contributed by atoms with Gasteiger partial charge in [-0.15, -0.1) is 0 Å². The van der Waals surface area contributed by atoms with E-state index in [1.807, 2.05) is 37.4 Å². The van der Waals surface area contributed by atoms with Crippen molar-refractivity contribution in [2.45, 2.75) is 26.3 Å². The fourth-order valence-electron chi connectivity index (χ4n) is 4.29. The number of aromatic nitrogens is 2. The van der Waals surface area contributed by atoms with E-state index in [1.165, 1.54) is 4.90 Å². The molecule has 2 N–H and O–H groups in total. The van der Waals surface area contributed by atoms with E-state index in [0.29, 0.717) is 23.7 Å². The molecule has 3 aromatic rings. The normalized spacial score (nSPS) is 20.0. The minimum Gasteiger partial charge on any atom is -0.454 e. The second-order valence-electron chi connectivity index (χ2n) is 8.28. The van der Waals surface area contributed by atoms with Gasteiger partial charge in [0.15, 0.2) is 11.5 Å². The predicted molar refractivity (Wildman–Crippen MR) is 115 cm³/mol. The summed E-state index contributed by atoms with van der Waals surface area (Å²) in [6.45, 7) is 4.60. The van der Waals surface area contributed by atoms with E-state index in [1.54, 1.807) is 16.5 Å². The zero-order valence-electron chi connectivity index (χ0n) is 17.4. The van der Waals surface area contributed by atoms with Crippen molar-refractivity contribution in [3.63, 3.8) is 0 Å². The smallest absolute Gasteiger partial charge is 0.258 e. The summed E-state index contributed by atoms with van der Waals surface area (Å²) < 4.78 is 12.3. The molecule has 1 fully saturated rings. The monoisotopic (exact) mass is 421 g/mol. The Morgan fingerprint density at radius 2 is 1.97 bits per heavy atom. The summed E-state index contributed by atoms with van der Waals surface area (Å²) >= 11 is 0. The lowest BCUT2D eigenvalue weighted by atomic mass is 9.95. The van der Waals surface area contributed by atoms with E-state index in [9.17, 15) is 9.59 Å². The van der Waals surface area contributed by atoms with E-state index >= 15 is 0 Å². The Morgan fingerprint density at radius 3 is 2.81 bits per heavy atom. The molecule has 2 aromatic heterocycles. The number of aryl methyl sites for hydroxylation is 1. The second kappa shape index (κ2) is 8.03. The number of amides is 1. The molecule has 0 unspecified atom stereocenters. The van der Waals surface area contributed by atoms with Crippen LogP contribution >= 0.6 is 0 Å². The Morgan fingerprint density at radius 1 is 1.16 bits per heavy atom. The molecule has 160 valence electrons. The first kappa shape index (κ1) is 19.6. The molecule has 2 aliphatic rings. The van der Waals surface area contributed by atoms with Crippen molar-refractivity contribution in [3.05, 3.63) is 64.2 Å². The van der Waals surface area contributed by atoms with Crippen LogP contribution in [0.25, 0.3) is 5.65 Å². The van der Waals surface area contributed by atoms with Crippen molar-refractivity contribution in [2.75, 3.05) is 25.2 Å². The number of quaternary nitrogens is 1. The molecule has 1 amide bonds. The SMILES string of the molecule is Cc1ccc2nc(C[NH+]3CCC(C(=O)Nc4ccc5c(c4)OCO5)CC3)cc(=O)n2c1. The highest BCUT2D eigenvalue weighted by Gasteiger charge is 2.28. The van der Waals surface area contributed by atoms with Crippen molar-refractivity contribution in [1.82, 2.24) is 9.38 Å². The van der Waals surface area contributed by atoms with Gasteiger partial charge in [0, 0.05) is 42.8 Å². The van der Waals surface area contributed by atoms with Gasteiger partial charge >= 0.3 is 0 Å². The lowest BCUT2D eigenvalue weighted by Gasteiger charge is -2.28. The van der Waals surface area contributed by atoms with Gasteiger partial charge in [-0.05, 0) is 30.7 Å². The first-order valence-electron chi connectivity index (χ1n) is 10.6. The minimum atomic E-state index is -0.0545. The summed E-state index contributed by atoms with van der Waals surface area (Å²) in [5, 5.41) is 3.00. The average Bonchev–Trinajstić information content (AvgIpc) is 3.23. The van der Waals surface area contributed by atoms with Crippen LogP contribution in [0.5, 0.6) is 11.5 Å². The van der Waals surface area contributed by atoms with Crippen molar-refractivity contribution in [3.8, 4) is 11.5 Å². The largest absolute Gasteiger partial charge is 0.454 e. The maximum Gasteiger partial charge on any atom is 0.258 e. The van der Waals surface area contributed by atoms with Gasteiger partial charge in [0.1, 0.15) is 17.9 Å². The molecule has 0 radical (unpaired) electrons. The van der Waals surface area contributed by atoms with E-state index < -0.39 is 0 Å². The lowest BCUT2D eigenvalue weighted by Crippen LogP contribution is -3.11. The molecule has 8 nitrogen and oxygen atoms in total. The van der Waals surface area contributed by atoms with Crippen LogP contribution < -0.4 is 25.2 Å². The number of carbonyl (C=O) groups excluding carboxylic acids is 1. The lowest BCUT2D eigenvalue weighted by molar-refractivity contribution is -0.919. The van der Waals surface area contributed by atoms with Crippen molar-refractivity contribution >= 4 is 17.2 Å². The van der Waals surface area contributed by atoms with Crippen LogP contribution in [0.3, 0.4) is 0 Å². The third-order valence-corrected chi connectivity index (χ3v) is 6.00. The van der Waals surface area contributed by atoms with E-state index in [-0.39, 0.29) is 24.2 Å². The minimum absolute atomic E-state index is 0.0210. The van der Waals surface area contributed by atoms with Gasteiger partial charge in [0.25, 0.3) is 5.56 Å².